The summed E-state index contributed by atoms with van der Waals surface area (Å²) in [5, 5.41) is 18.8. The molecule has 0 saturated carbocycles. The van der Waals surface area contributed by atoms with Crippen molar-refractivity contribution in [3.8, 4) is 5.75 Å². The Kier molecular flexibility index (Phi) is 18.3. The first-order chi connectivity index (χ1) is 20.7. The summed E-state index contributed by atoms with van der Waals surface area (Å²) in [4.78, 5) is 33.2. The standard InChI is InChI=1S/C30H51N3O10/c1-30(2,3)43-29(37)5-4-7-33(11-16-42-27-21-25(23-34)31-26(22-27)24-35)28(36)6-12-38-17-19-41-20-18-40-15-10-32-8-13-39-14-9-32/h21-22,34-35H,4-20,23-24H2,1-3H3. The Hall–Kier alpha value is -2.39. The van der Waals surface area contributed by atoms with E-state index in [0.29, 0.717) is 63.1 Å². The summed E-state index contributed by atoms with van der Waals surface area (Å²) >= 11 is 0. The van der Waals surface area contributed by atoms with Gasteiger partial charge in [-0.25, -0.2) is 0 Å². The highest BCUT2D eigenvalue weighted by Crippen LogP contribution is 2.15. The van der Waals surface area contributed by atoms with Gasteiger partial charge in [-0.2, -0.15) is 0 Å². The first-order valence-electron chi connectivity index (χ1n) is 15.1. The quantitative estimate of drug-likeness (QED) is 0.143. The number of amides is 1. The minimum atomic E-state index is -0.567. The zero-order valence-corrected chi connectivity index (χ0v) is 26.1. The number of aromatic nitrogens is 1. The van der Waals surface area contributed by atoms with E-state index in [0.717, 1.165) is 32.8 Å². The van der Waals surface area contributed by atoms with Gasteiger partial charge in [-0.05, 0) is 27.2 Å². The van der Waals surface area contributed by atoms with Crippen LogP contribution in [0.3, 0.4) is 0 Å². The first kappa shape index (κ1) is 36.8. The number of carbonyl (C=O) groups is 2. The van der Waals surface area contributed by atoms with E-state index in [-0.39, 0.29) is 57.7 Å². The molecule has 246 valence electrons. The minimum Gasteiger partial charge on any atom is -0.492 e. The summed E-state index contributed by atoms with van der Waals surface area (Å²) in [7, 11) is 0. The van der Waals surface area contributed by atoms with Crippen molar-refractivity contribution < 1.29 is 48.2 Å². The molecule has 1 aliphatic rings. The van der Waals surface area contributed by atoms with Gasteiger partial charge in [0.25, 0.3) is 0 Å². The molecule has 43 heavy (non-hydrogen) atoms. The molecule has 1 saturated heterocycles. The Balaban J connectivity index is 1.67. The molecule has 13 nitrogen and oxygen atoms in total. The maximum Gasteiger partial charge on any atom is 0.306 e. The number of carbonyl (C=O) groups excluding carboxylic acids is 2. The average Bonchev–Trinajstić information content (AvgIpc) is 2.98. The SMILES string of the molecule is CC(C)(C)OC(=O)CCCN(CCOc1cc(CO)nc(CO)c1)C(=O)CCOCCOCCOCCN1CCOCC1. The summed E-state index contributed by atoms with van der Waals surface area (Å²) < 4.78 is 33.2. The molecule has 2 rings (SSSR count). The number of aliphatic hydroxyl groups is 2. The lowest BCUT2D eigenvalue weighted by molar-refractivity contribution is -0.155. The van der Waals surface area contributed by atoms with Crippen molar-refractivity contribution in [1.29, 1.82) is 0 Å². The molecule has 2 heterocycles. The molecule has 1 aromatic rings. The van der Waals surface area contributed by atoms with Gasteiger partial charge in [-0.15, -0.1) is 0 Å². The van der Waals surface area contributed by atoms with Crippen LogP contribution in [0.15, 0.2) is 12.1 Å². The van der Waals surface area contributed by atoms with Crippen molar-refractivity contribution in [3.63, 3.8) is 0 Å². The molecule has 1 aliphatic heterocycles. The van der Waals surface area contributed by atoms with Crippen molar-refractivity contribution in [2.24, 2.45) is 0 Å². The van der Waals surface area contributed by atoms with E-state index in [4.69, 9.17) is 28.4 Å². The van der Waals surface area contributed by atoms with Gasteiger partial charge in [0.2, 0.25) is 5.91 Å². The fourth-order valence-corrected chi connectivity index (χ4v) is 4.18. The van der Waals surface area contributed by atoms with Crippen LogP contribution in [-0.2, 0) is 46.5 Å². The van der Waals surface area contributed by atoms with E-state index in [1.807, 2.05) is 20.8 Å². The highest BCUT2D eigenvalue weighted by Gasteiger charge is 2.18. The fourth-order valence-electron chi connectivity index (χ4n) is 4.18. The summed E-state index contributed by atoms with van der Waals surface area (Å²) in [6.45, 7) is 12.7. The Bertz CT molecular complexity index is 900. The summed E-state index contributed by atoms with van der Waals surface area (Å²) in [5.74, 6) is 0.00567. The highest BCUT2D eigenvalue weighted by molar-refractivity contribution is 5.76. The highest BCUT2D eigenvalue weighted by atomic mass is 16.6. The molecular weight excluding hydrogens is 562 g/mol. The Morgan fingerprint density at radius 1 is 0.884 bits per heavy atom. The van der Waals surface area contributed by atoms with E-state index >= 15 is 0 Å². The number of rotatable bonds is 22. The molecule has 0 unspecified atom stereocenters. The molecule has 0 aromatic carbocycles. The van der Waals surface area contributed by atoms with Gasteiger partial charge in [0.05, 0.1) is 90.4 Å². The lowest BCUT2D eigenvalue weighted by Crippen LogP contribution is -2.38. The molecule has 0 atom stereocenters. The van der Waals surface area contributed by atoms with E-state index in [1.54, 1.807) is 17.0 Å². The van der Waals surface area contributed by atoms with E-state index < -0.39 is 5.60 Å². The number of hydrogen-bond donors (Lipinski definition) is 2. The fraction of sp³-hybridized carbons (Fsp3) is 0.767. The van der Waals surface area contributed by atoms with Crippen LogP contribution in [-0.4, -0.2) is 135 Å². The predicted octanol–water partition coefficient (Wildman–Crippen LogP) is 1.17. The molecule has 0 radical (unpaired) electrons. The van der Waals surface area contributed by atoms with E-state index in [1.165, 1.54) is 0 Å². The summed E-state index contributed by atoms with van der Waals surface area (Å²) in [5.41, 5.74) is 0.191. The van der Waals surface area contributed by atoms with Crippen molar-refractivity contribution in [2.45, 2.75) is 58.8 Å². The number of hydrogen-bond acceptors (Lipinski definition) is 12. The van der Waals surface area contributed by atoms with Crippen LogP contribution in [0.2, 0.25) is 0 Å². The van der Waals surface area contributed by atoms with Crippen LogP contribution >= 0.6 is 0 Å². The molecule has 13 heteroatoms. The van der Waals surface area contributed by atoms with Crippen molar-refractivity contribution >= 4 is 11.9 Å². The molecule has 0 aliphatic carbocycles. The molecule has 2 N–H and O–H groups in total. The van der Waals surface area contributed by atoms with Gasteiger partial charge < -0.3 is 43.5 Å². The molecule has 1 amide bonds. The van der Waals surface area contributed by atoms with Gasteiger partial charge in [0.1, 0.15) is 18.0 Å². The first-order valence-corrected chi connectivity index (χ1v) is 15.1. The van der Waals surface area contributed by atoms with Crippen LogP contribution in [0, 0.1) is 0 Å². The zero-order valence-electron chi connectivity index (χ0n) is 26.1. The number of nitrogens with zero attached hydrogens (tertiary/aromatic N) is 3. The largest absolute Gasteiger partial charge is 0.492 e. The van der Waals surface area contributed by atoms with Crippen LogP contribution in [0.5, 0.6) is 5.75 Å². The van der Waals surface area contributed by atoms with Gasteiger partial charge in [0.15, 0.2) is 0 Å². The van der Waals surface area contributed by atoms with Crippen molar-refractivity contribution in [1.82, 2.24) is 14.8 Å². The van der Waals surface area contributed by atoms with Crippen LogP contribution in [0.4, 0.5) is 0 Å². The second-order valence-electron chi connectivity index (χ2n) is 11.1. The van der Waals surface area contributed by atoms with Crippen molar-refractivity contribution in [2.75, 3.05) is 92.2 Å². The lowest BCUT2D eigenvalue weighted by atomic mass is 10.2. The number of esters is 1. The molecule has 0 bridgehead atoms. The third-order valence-electron chi connectivity index (χ3n) is 6.30. The van der Waals surface area contributed by atoms with Gasteiger partial charge in [-0.3, -0.25) is 19.5 Å². The number of pyridine rings is 1. The third-order valence-corrected chi connectivity index (χ3v) is 6.30. The van der Waals surface area contributed by atoms with E-state index in [2.05, 4.69) is 9.88 Å². The molecule has 1 fully saturated rings. The lowest BCUT2D eigenvalue weighted by Gasteiger charge is -2.26. The Morgan fingerprint density at radius 3 is 2.09 bits per heavy atom. The maximum atomic E-state index is 13.0. The van der Waals surface area contributed by atoms with Crippen LogP contribution < -0.4 is 4.74 Å². The van der Waals surface area contributed by atoms with Crippen LogP contribution in [0.1, 0.15) is 51.4 Å². The van der Waals surface area contributed by atoms with Crippen LogP contribution in [0.25, 0.3) is 0 Å². The summed E-state index contributed by atoms with van der Waals surface area (Å²) in [6.07, 6.45) is 0.814. The number of ether oxygens (including phenoxy) is 6. The third kappa shape index (κ3) is 17.5. The van der Waals surface area contributed by atoms with Crippen molar-refractivity contribution in [3.05, 3.63) is 23.5 Å². The average molecular weight is 614 g/mol. The maximum absolute atomic E-state index is 13.0. The Morgan fingerprint density at radius 2 is 1.49 bits per heavy atom. The smallest absolute Gasteiger partial charge is 0.306 e. The number of aliphatic hydroxyl groups excluding tert-OH is 2. The zero-order chi connectivity index (χ0) is 31.3. The second-order valence-corrected chi connectivity index (χ2v) is 11.1. The monoisotopic (exact) mass is 613 g/mol. The van der Waals surface area contributed by atoms with Gasteiger partial charge >= 0.3 is 5.97 Å². The van der Waals surface area contributed by atoms with Gasteiger partial charge in [-0.1, -0.05) is 0 Å². The van der Waals surface area contributed by atoms with E-state index in [9.17, 15) is 19.8 Å². The normalized spacial score (nSPS) is 14.1. The minimum absolute atomic E-state index is 0.121. The second kappa shape index (κ2) is 21.3. The predicted molar refractivity (Wildman–Crippen MR) is 158 cm³/mol. The molecule has 1 aromatic heterocycles. The van der Waals surface area contributed by atoms with Gasteiger partial charge in [0, 0.05) is 44.7 Å². The number of morpholine rings is 1. The molecule has 0 spiro atoms. The summed E-state index contributed by atoms with van der Waals surface area (Å²) in [6, 6.07) is 3.17. The topological polar surface area (TPSA) is 149 Å². The molecular formula is C30H51N3O10. The Labute approximate surface area is 255 Å².